The highest BCUT2D eigenvalue weighted by molar-refractivity contribution is 7.92. The zero-order valence-corrected chi connectivity index (χ0v) is 15.5. The number of aromatic nitrogens is 2. The molecule has 0 aliphatic carbocycles. The molecule has 0 fully saturated rings. The number of aliphatic hydroxyl groups excluding tert-OH is 1. The average Bonchev–Trinajstić information content (AvgIpc) is 2.51. The summed E-state index contributed by atoms with van der Waals surface area (Å²) in [5.41, 5.74) is 0.816. The number of anilines is 2. The quantitative estimate of drug-likeness (QED) is 0.581. The van der Waals surface area contributed by atoms with Gasteiger partial charge >= 0.3 is 0 Å². The van der Waals surface area contributed by atoms with Crippen molar-refractivity contribution in [1.82, 2.24) is 9.97 Å². The number of halogens is 2. The standard InChI is InChI=1S/C15H17Cl2N3O3S/c1-9(2)24(22,23)12-6-4-3-5-11(12)18-14-10(7-8-21)13(16)19-15(17)20-14/h3-6,9,21H,7-8H2,1-2H3,(H,18,19,20). The molecule has 2 N–H and O–H groups in total. The SMILES string of the molecule is CC(C)S(=O)(=O)c1ccccc1Nc1nc(Cl)nc(Cl)c1CCO. The Kier molecular flexibility index (Phi) is 6.03. The van der Waals surface area contributed by atoms with E-state index in [9.17, 15) is 13.5 Å². The number of hydrogen-bond acceptors (Lipinski definition) is 6. The van der Waals surface area contributed by atoms with Gasteiger partial charge in [0.15, 0.2) is 9.84 Å². The zero-order chi connectivity index (χ0) is 17.9. The van der Waals surface area contributed by atoms with Crippen LogP contribution in [0.15, 0.2) is 29.2 Å². The number of nitrogens with one attached hydrogen (secondary N) is 1. The molecule has 0 aliphatic heterocycles. The fourth-order valence-electron chi connectivity index (χ4n) is 2.07. The van der Waals surface area contributed by atoms with E-state index in [-0.39, 0.29) is 34.2 Å². The van der Waals surface area contributed by atoms with E-state index in [0.717, 1.165) is 0 Å². The van der Waals surface area contributed by atoms with Crippen molar-refractivity contribution in [2.24, 2.45) is 0 Å². The molecule has 0 spiro atoms. The van der Waals surface area contributed by atoms with Gasteiger partial charge in [0, 0.05) is 18.6 Å². The van der Waals surface area contributed by atoms with Crippen LogP contribution in [-0.2, 0) is 16.3 Å². The van der Waals surface area contributed by atoms with Crippen LogP contribution in [0.1, 0.15) is 19.4 Å². The molecular weight excluding hydrogens is 373 g/mol. The summed E-state index contributed by atoms with van der Waals surface area (Å²) in [6.07, 6.45) is 0.206. The van der Waals surface area contributed by atoms with Gasteiger partial charge in [-0.25, -0.2) is 18.4 Å². The Hall–Kier alpha value is -1.41. The lowest BCUT2D eigenvalue weighted by Crippen LogP contribution is -2.16. The van der Waals surface area contributed by atoms with Crippen LogP contribution in [0.25, 0.3) is 0 Å². The van der Waals surface area contributed by atoms with E-state index in [1.165, 1.54) is 6.07 Å². The van der Waals surface area contributed by atoms with Crippen molar-refractivity contribution in [1.29, 1.82) is 0 Å². The maximum atomic E-state index is 12.5. The van der Waals surface area contributed by atoms with E-state index in [1.54, 1.807) is 32.0 Å². The molecule has 0 atom stereocenters. The largest absolute Gasteiger partial charge is 0.396 e. The van der Waals surface area contributed by atoms with Gasteiger partial charge in [-0.05, 0) is 37.6 Å². The lowest BCUT2D eigenvalue weighted by Gasteiger charge is -2.16. The normalized spacial score (nSPS) is 11.8. The van der Waals surface area contributed by atoms with E-state index in [2.05, 4.69) is 15.3 Å². The van der Waals surface area contributed by atoms with Gasteiger partial charge in [0.2, 0.25) is 5.28 Å². The van der Waals surface area contributed by atoms with Crippen LogP contribution in [-0.4, -0.2) is 35.3 Å². The molecule has 1 heterocycles. The van der Waals surface area contributed by atoms with Crippen LogP contribution in [0.4, 0.5) is 11.5 Å². The Balaban J connectivity index is 2.54. The summed E-state index contributed by atoms with van der Waals surface area (Å²) < 4.78 is 25.0. The van der Waals surface area contributed by atoms with Crippen LogP contribution in [0.3, 0.4) is 0 Å². The van der Waals surface area contributed by atoms with E-state index < -0.39 is 15.1 Å². The molecule has 0 aliphatic rings. The minimum atomic E-state index is -3.49. The molecule has 0 saturated heterocycles. The van der Waals surface area contributed by atoms with Crippen molar-refractivity contribution in [2.45, 2.75) is 30.4 Å². The summed E-state index contributed by atoms with van der Waals surface area (Å²) in [6, 6.07) is 6.50. The van der Waals surface area contributed by atoms with Crippen LogP contribution >= 0.6 is 23.2 Å². The van der Waals surface area contributed by atoms with Crippen molar-refractivity contribution in [3.8, 4) is 0 Å². The summed E-state index contributed by atoms with van der Waals surface area (Å²) in [6.45, 7) is 3.06. The third-order valence-corrected chi connectivity index (χ3v) is 6.05. The minimum Gasteiger partial charge on any atom is -0.396 e. The van der Waals surface area contributed by atoms with Crippen LogP contribution in [0.2, 0.25) is 10.4 Å². The molecule has 1 aromatic carbocycles. The predicted molar refractivity (Wildman–Crippen MR) is 94.9 cm³/mol. The first-order chi connectivity index (χ1) is 11.3. The second-order valence-corrected chi connectivity index (χ2v) is 8.47. The monoisotopic (exact) mass is 389 g/mol. The van der Waals surface area contributed by atoms with E-state index in [1.807, 2.05) is 0 Å². The van der Waals surface area contributed by atoms with Crippen molar-refractivity contribution < 1.29 is 13.5 Å². The number of hydrogen-bond donors (Lipinski definition) is 2. The van der Waals surface area contributed by atoms with Gasteiger partial charge in [-0.3, -0.25) is 0 Å². The van der Waals surface area contributed by atoms with Crippen molar-refractivity contribution in [3.63, 3.8) is 0 Å². The lowest BCUT2D eigenvalue weighted by atomic mass is 10.2. The summed E-state index contributed by atoms with van der Waals surface area (Å²) in [4.78, 5) is 8.07. The van der Waals surface area contributed by atoms with Crippen LogP contribution < -0.4 is 5.32 Å². The second kappa shape index (κ2) is 7.65. The Morgan fingerprint density at radius 3 is 2.50 bits per heavy atom. The third kappa shape index (κ3) is 3.97. The number of aliphatic hydroxyl groups is 1. The van der Waals surface area contributed by atoms with E-state index >= 15 is 0 Å². The van der Waals surface area contributed by atoms with Gasteiger partial charge in [0.25, 0.3) is 0 Å². The highest BCUT2D eigenvalue weighted by Gasteiger charge is 2.23. The molecule has 0 bridgehead atoms. The molecule has 9 heteroatoms. The van der Waals surface area contributed by atoms with Gasteiger partial charge in [0.05, 0.1) is 15.8 Å². The van der Waals surface area contributed by atoms with Gasteiger partial charge in [0.1, 0.15) is 11.0 Å². The second-order valence-electron chi connectivity index (χ2n) is 5.30. The highest BCUT2D eigenvalue weighted by Crippen LogP contribution is 2.31. The smallest absolute Gasteiger partial charge is 0.225 e. The molecule has 0 amide bonds. The number of rotatable bonds is 6. The first-order valence-corrected chi connectivity index (χ1v) is 9.50. The first kappa shape index (κ1) is 18.9. The van der Waals surface area contributed by atoms with Gasteiger partial charge in [-0.2, -0.15) is 0 Å². The molecule has 6 nitrogen and oxygen atoms in total. The molecule has 1 aromatic heterocycles. The number of nitrogens with zero attached hydrogens (tertiary/aromatic N) is 2. The average molecular weight is 390 g/mol. The molecule has 24 heavy (non-hydrogen) atoms. The summed E-state index contributed by atoms with van der Waals surface area (Å²) in [5, 5.41) is 11.6. The minimum absolute atomic E-state index is 0.0756. The fourth-order valence-corrected chi connectivity index (χ4v) is 3.75. The van der Waals surface area contributed by atoms with E-state index in [4.69, 9.17) is 23.2 Å². The summed E-state index contributed by atoms with van der Waals surface area (Å²) >= 11 is 11.9. The van der Waals surface area contributed by atoms with Gasteiger partial charge in [-0.1, -0.05) is 23.7 Å². The molecule has 2 rings (SSSR count). The van der Waals surface area contributed by atoms with E-state index in [0.29, 0.717) is 11.3 Å². The van der Waals surface area contributed by atoms with Crippen molar-refractivity contribution in [3.05, 3.63) is 40.3 Å². The molecular formula is C15H17Cl2N3O3S. The number of sulfone groups is 1. The lowest BCUT2D eigenvalue weighted by molar-refractivity contribution is 0.299. The third-order valence-electron chi connectivity index (χ3n) is 3.36. The molecule has 0 saturated carbocycles. The Labute approximate surface area is 150 Å². The maximum absolute atomic E-state index is 12.5. The molecule has 0 radical (unpaired) electrons. The number of benzene rings is 1. The van der Waals surface area contributed by atoms with Gasteiger partial charge in [-0.15, -0.1) is 0 Å². The van der Waals surface area contributed by atoms with Crippen molar-refractivity contribution in [2.75, 3.05) is 11.9 Å². The van der Waals surface area contributed by atoms with Crippen LogP contribution in [0.5, 0.6) is 0 Å². The topological polar surface area (TPSA) is 92.2 Å². The summed E-state index contributed by atoms with van der Waals surface area (Å²) in [5.74, 6) is 0.264. The Morgan fingerprint density at radius 1 is 1.21 bits per heavy atom. The Morgan fingerprint density at radius 2 is 1.88 bits per heavy atom. The number of para-hydroxylation sites is 1. The van der Waals surface area contributed by atoms with Crippen molar-refractivity contribution >= 4 is 44.5 Å². The molecule has 2 aromatic rings. The molecule has 130 valence electrons. The summed E-state index contributed by atoms with van der Waals surface area (Å²) in [7, 11) is -3.49. The first-order valence-electron chi connectivity index (χ1n) is 7.20. The zero-order valence-electron chi connectivity index (χ0n) is 13.1. The van der Waals surface area contributed by atoms with Gasteiger partial charge < -0.3 is 10.4 Å². The highest BCUT2D eigenvalue weighted by atomic mass is 35.5. The predicted octanol–water partition coefficient (Wildman–Crippen LogP) is 3.24. The fraction of sp³-hybridized carbons (Fsp3) is 0.333. The molecule has 0 unspecified atom stereocenters. The maximum Gasteiger partial charge on any atom is 0.225 e. The van der Waals surface area contributed by atoms with Crippen LogP contribution in [0, 0.1) is 0 Å². The Bertz CT molecular complexity index is 842.